The summed E-state index contributed by atoms with van der Waals surface area (Å²) < 4.78 is 13.0. The van der Waals surface area contributed by atoms with Crippen molar-refractivity contribution in [1.29, 1.82) is 0 Å². The molecule has 0 spiro atoms. The van der Waals surface area contributed by atoms with Gasteiger partial charge in [0.1, 0.15) is 5.82 Å². The third kappa shape index (κ3) is 3.55. The van der Waals surface area contributed by atoms with E-state index in [0.717, 1.165) is 24.9 Å². The number of hydrogen-bond donors (Lipinski definition) is 0. The van der Waals surface area contributed by atoms with Crippen LogP contribution in [-0.4, -0.2) is 29.2 Å². The molecule has 1 aromatic carbocycles. The number of amides is 1. The van der Waals surface area contributed by atoms with Crippen LogP contribution in [0.4, 0.5) is 4.39 Å². The molecule has 1 fully saturated rings. The average Bonchev–Trinajstić information content (AvgIpc) is 2.26. The Morgan fingerprint density at radius 3 is 2.83 bits per heavy atom. The van der Waals surface area contributed by atoms with Gasteiger partial charge in [-0.15, -0.1) is 0 Å². The van der Waals surface area contributed by atoms with Gasteiger partial charge in [-0.2, -0.15) is 0 Å². The van der Waals surface area contributed by atoms with Crippen LogP contribution in [0.3, 0.4) is 0 Å². The van der Waals surface area contributed by atoms with Gasteiger partial charge in [0.25, 0.3) is 0 Å². The van der Waals surface area contributed by atoms with Crippen LogP contribution in [0.5, 0.6) is 0 Å². The van der Waals surface area contributed by atoms with Crippen molar-refractivity contribution in [2.45, 2.75) is 24.1 Å². The van der Waals surface area contributed by atoms with E-state index in [1.54, 1.807) is 17.0 Å². The monoisotopic (exact) mass is 313 g/mol. The van der Waals surface area contributed by atoms with Crippen LogP contribution in [0.15, 0.2) is 24.3 Å². The van der Waals surface area contributed by atoms with Gasteiger partial charge in [0.15, 0.2) is 0 Å². The molecule has 1 saturated carbocycles. The molecule has 1 aliphatic carbocycles. The maximum Gasteiger partial charge on any atom is 0.226 e. The lowest BCUT2D eigenvalue weighted by atomic mass is 9.85. The first-order valence-electron chi connectivity index (χ1n) is 6.17. The number of carbonyl (C=O) groups excluding carboxylic acids is 1. The largest absolute Gasteiger partial charge is 0.345 e. The molecule has 0 unspecified atom stereocenters. The third-order valence-corrected chi connectivity index (χ3v) is 4.13. The summed E-state index contributed by atoms with van der Waals surface area (Å²) in [5.41, 5.74) is 0.735. The Labute approximate surface area is 115 Å². The molecule has 1 aliphatic rings. The van der Waals surface area contributed by atoms with Gasteiger partial charge in [0.05, 0.1) is 6.42 Å². The van der Waals surface area contributed by atoms with Gasteiger partial charge in [-0.3, -0.25) is 4.79 Å². The van der Waals surface area contributed by atoms with Gasteiger partial charge in [-0.25, -0.2) is 4.39 Å². The standard InChI is InChI=1S/C14H17BrFNO/c1-17(9-11-5-12(15)6-11)14(18)8-10-3-2-4-13(16)7-10/h2-4,7,11-12H,5-6,8-9H2,1H3. The molecule has 0 radical (unpaired) electrons. The highest BCUT2D eigenvalue weighted by atomic mass is 79.9. The van der Waals surface area contributed by atoms with E-state index < -0.39 is 0 Å². The summed E-state index contributed by atoms with van der Waals surface area (Å²) in [4.78, 5) is 14.4. The highest BCUT2D eigenvalue weighted by molar-refractivity contribution is 9.09. The van der Waals surface area contributed by atoms with E-state index >= 15 is 0 Å². The summed E-state index contributed by atoms with van der Waals surface area (Å²) in [6.07, 6.45) is 2.55. The summed E-state index contributed by atoms with van der Waals surface area (Å²) in [5.74, 6) is 0.374. The van der Waals surface area contributed by atoms with Crippen LogP contribution >= 0.6 is 15.9 Å². The zero-order valence-electron chi connectivity index (χ0n) is 10.4. The Kier molecular flexibility index (Phi) is 4.38. The number of carbonyl (C=O) groups is 1. The van der Waals surface area contributed by atoms with Crippen molar-refractivity contribution in [2.24, 2.45) is 5.92 Å². The zero-order chi connectivity index (χ0) is 13.1. The molecule has 0 heterocycles. The number of rotatable bonds is 4. The molecule has 2 nitrogen and oxygen atoms in total. The lowest BCUT2D eigenvalue weighted by Gasteiger charge is -2.34. The lowest BCUT2D eigenvalue weighted by molar-refractivity contribution is -0.130. The fraction of sp³-hybridized carbons (Fsp3) is 0.500. The van der Waals surface area contributed by atoms with E-state index in [1.807, 2.05) is 7.05 Å². The van der Waals surface area contributed by atoms with Crippen LogP contribution in [0.25, 0.3) is 0 Å². The molecular formula is C14H17BrFNO. The van der Waals surface area contributed by atoms with Gasteiger partial charge >= 0.3 is 0 Å². The van der Waals surface area contributed by atoms with Gasteiger partial charge in [0, 0.05) is 18.4 Å². The minimum Gasteiger partial charge on any atom is -0.345 e. The molecule has 0 bridgehead atoms. The lowest BCUT2D eigenvalue weighted by Crippen LogP contribution is -2.38. The normalized spacial score (nSPS) is 22.4. The van der Waals surface area contributed by atoms with Gasteiger partial charge in [-0.05, 0) is 36.5 Å². The van der Waals surface area contributed by atoms with E-state index in [4.69, 9.17) is 0 Å². The fourth-order valence-corrected chi connectivity index (χ4v) is 3.31. The first-order chi connectivity index (χ1) is 8.54. The minimum absolute atomic E-state index is 0.0543. The van der Waals surface area contributed by atoms with Crippen molar-refractivity contribution in [3.8, 4) is 0 Å². The molecule has 0 atom stereocenters. The second-order valence-corrected chi connectivity index (χ2v) is 6.31. The zero-order valence-corrected chi connectivity index (χ0v) is 12.0. The molecule has 2 rings (SSSR count). The number of likely N-dealkylation sites (N-methyl/N-ethyl adjacent to an activating group) is 1. The van der Waals surface area contributed by atoms with Gasteiger partial charge in [-0.1, -0.05) is 28.1 Å². The Hall–Kier alpha value is -0.900. The van der Waals surface area contributed by atoms with E-state index in [1.165, 1.54) is 12.1 Å². The Morgan fingerprint density at radius 2 is 2.22 bits per heavy atom. The maximum atomic E-state index is 13.0. The number of hydrogen-bond acceptors (Lipinski definition) is 1. The van der Waals surface area contributed by atoms with Crippen LogP contribution in [-0.2, 0) is 11.2 Å². The van der Waals surface area contributed by atoms with Gasteiger partial charge in [0.2, 0.25) is 5.91 Å². The predicted octanol–water partition coefficient (Wildman–Crippen LogP) is 3.00. The Balaban J connectivity index is 1.83. The second-order valence-electron chi connectivity index (χ2n) is 5.02. The first-order valence-corrected chi connectivity index (χ1v) is 7.08. The van der Waals surface area contributed by atoms with Crippen LogP contribution in [0, 0.1) is 11.7 Å². The fourth-order valence-electron chi connectivity index (χ4n) is 2.25. The topological polar surface area (TPSA) is 20.3 Å². The van der Waals surface area contributed by atoms with Gasteiger partial charge < -0.3 is 4.90 Å². The van der Waals surface area contributed by atoms with E-state index in [0.29, 0.717) is 10.7 Å². The highest BCUT2D eigenvalue weighted by Crippen LogP contribution is 2.33. The molecule has 4 heteroatoms. The number of alkyl halides is 1. The van der Waals surface area contributed by atoms with Crippen molar-refractivity contribution in [2.75, 3.05) is 13.6 Å². The summed E-state index contributed by atoms with van der Waals surface area (Å²) >= 11 is 3.54. The smallest absolute Gasteiger partial charge is 0.226 e. The number of benzene rings is 1. The molecule has 0 aromatic heterocycles. The molecule has 1 amide bonds. The van der Waals surface area contributed by atoms with E-state index in [9.17, 15) is 9.18 Å². The summed E-state index contributed by atoms with van der Waals surface area (Å²) in [5, 5.41) is 0. The van der Waals surface area contributed by atoms with Crippen LogP contribution < -0.4 is 0 Å². The van der Waals surface area contributed by atoms with Crippen molar-refractivity contribution in [1.82, 2.24) is 4.90 Å². The van der Waals surface area contributed by atoms with Crippen molar-refractivity contribution < 1.29 is 9.18 Å². The third-order valence-electron chi connectivity index (χ3n) is 3.38. The molecule has 1 aromatic rings. The number of halogens is 2. The second kappa shape index (κ2) is 5.83. The summed E-state index contributed by atoms with van der Waals surface area (Å²) in [6, 6.07) is 6.23. The Bertz CT molecular complexity index is 432. The SMILES string of the molecule is CN(CC1CC(Br)C1)C(=O)Cc1cccc(F)c1. The van der Waals surface area contributed by atoms with Crippen molar-refractivity contribution in [3.05, 3.63) is 35.6 Å². The highest BCUT2D eigenvalue weighted by Gasteiger charge is 2.28. The quantitative estimate of drug-likeness (QED) is 0.783. The Morgan fingerprint density at radius 1 is 1.50 bits per heavy atom. The van der Waals surface area contributed by atoms with E-state index in [2.05, 4.69) is 15.9 Å². The minimum atomic E-state index is -0.288. The molecular weight excluding hydrogens is 297 g/mol. The predicted molar refractivity (Wildman–Crippen MR) is 73.2 cm³/mol. The summed E-state index contributed by atoms with van der Waals surface area (Å²) in [6.45, 7) is 0.802. The first kappa shape index (κ1) is 13.5. The van der Waals surface area contributed by atoms with Crippen molar-refractivity contribution >= 4 is 21.8 Å². The van der Waals surface area contributed by atoms with E-state index in [-0.39, 0.29) is 18.1 Å². The molecule has 98 valence electrons. The number of nitrogens with zero attached hydrogens (tertiary/aromatic N) is 1. The van der Waals surface area contributed by atoms with Crippen molar-refractivity contribution in [3.63, 3.8) is 0 Å². The maximum absolute atomic E-state index is 13.0. The molecule has 0 N–H and O–H groups in total. The molecule has 18 heavy (non-hydrogen) atoms. The van der Waals surface area contributed by atoms with Crippen LogP contribution in [0.2, 0.25) is 0 Å². The average molecular weight is 314 g/mol. The van der Waals surface area contributed by atoms with Crippen LogP contribution in [0.1, 0.15) is 18.4 Å². The molecule has 0 saturated heterocycles. The summed E-state index contributed by atoms with van der Waals surface area (Å²) in [7, 11) is 1.82. The molecule has 0 aliphatic heterocycles.